The van der Waals surface area contributed by atoms with E-state index in [1.54, 1.807) is 4.68 Å². The molecular weight excluding hydrogens is 440 g/mol. The lowest BCUT2D eigenvalue weighted by molar-refractivity contribution is 0.412. The molecular formula is C25H36N10. The Hall–Kier alpha value is -3.45. The first kappa shape index (κ1) is 24.7. The molecule has 1 aliphatic carbocycles. The molecule has 3 N–H and O–H groups in total. The summed E-state index contributed by atoms with van der Waals surface area (Å²) in [5.74, 6) is 2.75. The number of aromatic nitrogens is 6. The number of H-pyrrole nitrogens is 1. The molecule has 35 heavy (non-hydrogen) atoms. The molecule has 186 valence electrons. The normalized spacial score (nSPS) is 20.3. The van der Waals surface area contributed by atoms with Crippen LogP contribution >= 0.6 is 0 Å². The van der Waals surface area contributed by atoms with Crippen molar-refractivity contribution in [1.29, 1.82) is 5.26 Å². The Bertz CT molecular complexity index is 1140. The Morgan fingerprint density at radius 2 is 2.09 bits per heavy atom. The number of hydrogen-bond acceptors (Lipinski definition) is 8. The minimum atomic E-state index is 0.298. The van der Waals surface area contributed by atoms with Gasteiger partial charge in [0.1, 0.15) is 5.82 Å². The van der Waals surface area contributed by atoms with E-state index in [1.165, 1.54) is 6.42 Å². The van der Waals surface area contributed by atoms with Crippen LogP contribution in [0, 0.1) is 24.2 Å². The number of anilines is 3. The average molecular weight is 477 g/mol. The molecule has 3 unspecified atom stereocenters. The molecule has 0 amide bonds. The van der Waals surface area contributed by atoms with E-state index in [1.807, 2.05) is 38.5 Å². The maximum atomic E-state index is 8.94. The fourth-order valence-electron chi connectivity index (χ4n) is 4.82. The Labute approximate surface area is 207 Å². The predicted molar refractivity (Wildman–Crippen MR) is 137 cm³/mol. The second kappa shape index (κ2) is 11.3. The minimum absolute atomic E-state index is 0.298. The summed E-state index contributed by atoms with van der Waals surface area (Å²) in [5.41, 5.74) is 2.73. The van der Waals surface area contributed by atoms with Crippen molar-refractivity contribution >= 4 is 17.6 Å². The lowest BCUT2D eigenvalue weighted by atomic mass is 9.95. The van der Waals surface area contributed by atoms with Crippen molar-refractivity contribution in [1.82, 2.24) is 35.3 Å². The van der Waals surface area contributed by atoms with Gasteiger partial charge in [0, 0.05) is 68.7 Å². The molecule has 1 aliphatic rings. The lowest BCUT2D eigenvalue weighted by Crippen LogP contribution is -2.40. The van der Waals surface area contributed by atoms with Crippen LogP contribution in [0.25, 0.3) is 11.3 Å². The van der Waals surface area contributed by atoms with E-state index in [2.05, 4.69) is 50.9 Å². The Kier molecular flexibility index (Phi) is 7.98. The quantitative estimate of drug-likeness (QED) is 0.314. The SMILES string of the molecule is CCC1CCC(NCCC#N)CC(N(C)c2nc(Nc3cc(C)[nH]n3)cc(-c3cnn(C)c3)n2)C1. The molecule has 3 heterocycles. The summed E-state index contributed by atoms with van der Waals surface area (Å²) in [6, 6.07) is 6.81. The van der Waals surface area contributed by atoms with Crippen molar-refractivity contribution in [3.05, 3.63) is 30.2 Å². The molecule has 0 saturated heterocycles. The van der Waals surface area contributed by atoms with Crippen molar-refractivity contribution < 1.29 is 0 Å². The molecule has 0 aromatic carbocycles. The van der Waals surface area contributed by atoms with Crippen LogP contribution in [0.5, 0.6) is 0 Å². The molecule has 10 nitrogen and oxygen atoms in total. The minimum Gasteiger partial charge on any atom is -0.341 e. The van der Waals surface area contributed by atoms with E-state index in [-0.39, 0.29) is 0 Å². The molecule has 0 spiro atoms. The monoisotopic (exact) mass is 476 g/mol. The van der Waals surface area contributed by atoms with Gasteiger partial charge in [-0.15, -0.1) is 0 Å². The van der Waals surface area contributed by atoms with Crippen LogP contribution < -0.4 is 15.5 Å². The summed E-state index contributed by atoms with van der Waals surface area (Å²) in [7, 11) is 4.00. The number of rotatable bonds is 9. The summed E-state index contributed by atoms with van der Waals surface area (Å²) in [6.07, 6.45) is 9.92. The summed E-state index contributed by atoms with van der Waals surface area (Å²) >= 11 is 0. The molecule has 0 radical (unpaired) electrons. The van der Waals surface area contributed by atoms with Gasteiger partial charge in [-0.3, -0.25) is 9.78 Å². The van der Waals surface area contributed by atoms with Crippen molar-refractivity contribution in [3.63, 3.8) is 0 Å². The van der Waals surface area contributed by atoms with E-state index in [0.29, 0.717) is 42.0 Å². The van der Waals surface area contributed by atoms with Crippen LogP contribution in [0.1, 0.15) is 51.1 Å². The third-order valence-corrected chi connectivity index (χ3v) is 6.87. The standard InChI is InChI=1S/C25H36N10/c1-5-18-7-8-20(27-10-6-9-26)13-21(12-18)35(4)25-29-22(19-15-28-34(3)16-19)14-23(31-25)30-24-11-17(2)32-33-24/h11,14-16,18,20-21,27H,5-8,10,12-13H2,1-4H3,(H2,29,30,31,32,33). The van der Waals surface area contributed by atoms with Gasteiger partial charge in [0.05, 0.1) is 18.0 Å². The zero-order valence-electron chi connectivity index (χ0n) is 21.1. The van der Waals surface area contributed by atoms with Gasteiger partial charge >= 0.3 is 0 Å². The van der Waals surface area contributed by atoms with E-state index >= 15 is 0 Å². The second-order valence-electron chi connectivity index (χ2n) is 9.55. The highest BCUT2D eigenvalue weighted by Crippen LogP contribution is 2.31. The maximum Gasteiger partial charge on any atom is 0.227 e. The number of aromatic amines is 1. The number of nitrogens with one attached hydrogen (secondary N) is 3. The van der Waals surface area contributed by atoms with Gasteiger partial charge in [-0.25, -0.2) is 4.98 Å². The summed E-state index contributed by atoms with van der Waals surface area (Å²) < 4.78 is 1.78. The first-order valence-corrected chi connectivity index (χ1v) is 12.5. The van der Waals surface area contributed by atoms with E-state index in [9.17, 15) is 0 Å². The Morgan fingerprint density at radius 1 is 1.23 bits per heavy atom. The van der Waals surface area contributed by atoms with Crippen LogP contribution in [-0.2, 0) is 7.05 Å². The largest absolute Gasteiger partial charge is 0.341 e. The molecule has 0 bridgehead atoms. The van der Waals surface area contributed by atoms with Crippen LogP contribution in [0.2, 0.25) is 0 Å². The van der Waals surface area contributed by atoms with E-state index < -0.39 is 0 Å². The zero-order valence-corrected chi connectivity index (χ0v) is 21.1. The van der Waals surface area contributed by atoms with Gasteiger partial charge in [-0.1, -0.05) is 13.3 Å². The smallest absolute Gasteiger partial charge is 0.227 e. The Balaban J connectivity index is 1.63. The molecule has 0 aliphatic heterocycles. The maximum absolute atomic E-state index is 8.94. The topological polar surface area (TPSA) is 123 Å². The second-order valence-corrected chi connectivity index (χ2v) is 9.55. The Morgan fingerprint density at radius 3 is 2.77 bits per heavy atom. The van der Waals surface area contributed by atoms with Crippen molar-refractivity contribution in [3.8, 4) is 17.3 Å². The number of nitrogens with zero attached hydrogens (tertiary/aromatic N) is 7. The highest BCUT2D eigenvalue weighted by molar-refractivity contribution is 5.66. The molecule has 1 fully saturated rings. The summed E-state index contributed by atoms with van der Waals surface area (Å²) in [5, 5.41) is 27.5. The molecule has 3 aromatic heterocycles. The molecule has 3 atom stereocenters. The molecule has 4 rings (SSSR count). The number of nitriles is 1. The summed E-state index contributed by atoms with van der Waals surface area (Å²) in [4.78, 5) is 12.1. The lowest BCUT2D eigenvalue weighted by Gasteiger charge is -2.31. The third kappa shape index (κ3) is 6.36. The van der Waals surface area contributed by atoms with Gasteiger partial charge < -0.3 is 15.5 Å². The van der Waals surface area contributed by atoms with Crippen LogP contribution in [0.4, 0.5) is 17.6 Å². The number of aryl methyl sites for hydroxylation is 2. The highest BCUT2D eigenvalue weighted by atomic mass is 15.3. The average Bonchev–Trinajstić information content (AvgIpc) is 3.41. The number of hydrogen-bond donors (Lipinski definition) is 3. The highest BCUT2D eigenvalue weighted by Gasteiger charge is 2.29. The van der Waals surface area contributed by atoms with E-state index in [4.69, 9.17) is 15.2 Å². The third-order valence-electron chi connectivity index (χ3n) is 6.87. The molecule has 3 aromatic rings. The summed E-state index contributed by atoms with van der Waals surface area (Å²) in [6.45, 7) is 4.98. The van der Waals surface area contributed by atoms with Gasteiger partial charge in [0.2, 0.25) is 5.95 Å². The van der Waals surface area contributed by atoms with Crippen LogP contribution in [0.3, 0.4) is 0 Å². The predicted octanol–water partition coefficient (Wildman–Crippen LogP) is 3.93. The van der Waals surface area contributed by atoms with Gasteiger partial charge in [-0.05, 0) is 38.5 Å². The fourth-order valence-corrected chi connectivity index (χ4v) is 4.82. The van der Waals surface area contributed by atoms with Gasteiger partial charge in [-0.2, -0.15) is 20.4 Å². The van der Waals surface area contributed by atoms with Gasteiger partial charge in [0.15, 0.2) is 5.82 Å². The van der Waals surface area contributed by atoms with Crippen molar-refractivity contribution in [2.75, 3.05) is 23.8 Å². The van der Waals surface area contributed by atoms with E-state index in [0.717, 1.165) is 49.2 Å². The van der Waals surface area contributed by atoms with Gasteiger partial charge in [0.25, 0.3) is 0 Å². The van der Waals surface area contributed by atoms with Crippen LogP contribution in [-0.4, -0.2) is 55.6 Å². The molecule has 1 saturated carbocycles. The first-order chi connectivity index (χ1) is 16.9. The zero-order chi connectivity index (χ0) is 24.8. The molecule has 10 heteroatoms. The van der Waals surface area contributed by atoms with Crippen molar-refractivity contribution in [2.45, 2.75) is 64.5 Å². The van der Waals surface area contributed by atoms with Crippen LogP contribution in [0.15, 0.2) is 24.5 Å². The van der Waals surface area contributed by atoms with Crippen molar-refractivity contribution in [2.24, 2.45) is 13.0 Å². The fraction of sp³-hybridized carbons (Fsp3) is 0.560. The first-order valence-electron chi connectivity index (χ1n) is 12.5.